The summed E-state index contributed by atoms with van der Waals surface area (Å²) in [5.74, 6) is 2.76. The fourth-order valence-corrected chi connectivity index (χ4v) is 5.06. The average Bonchev–Trinajstić information content (AvgIpc) is 3.13. The number of benzene rings is 3. The van der Waals surface area contributed by atoms with Crippen LogP contribution in [0.1, 0.15) is 23.9 Å². The van der Waals surface area contributed by atoms with Crippen molar-refractivity contribution in [1.82, 2.24) is 14.8 Å². The highest BCUT2D eigenvalue weighted by Gasteiger charge is 2.12. The van der Waals surface area contributed by atoms with E-state index < -0.39 is 0 Å². The molecule has 28 heavy (non-hydrogen) atoms. The van der Waals surface area contributed by atoms with Crippen LogP contribution in [0.4, 0.5) is 0 Å². The minimum Gasteiger partial charge on any atom is -0.306 e. The smallest absolute Gasteiger partial charge is 0.191 e. The third-order valence-corrected chi connectivity index (χ3v) is 6.76. The fourth-order valence-electron chi connectivity index (χ4n) is 3.19. The van der Waals surface area contributed by atoms with Crippen molar-refractivity contribution in [2.75, 3.05) is 0 Å². The lowest BCUT2D eigenvalue weighted by Gasteiger charge is -2.09. The largest absolute Gasteiger partial charge is 0.306 e. The van der Waals surface area contributed by atoms with Crippen molar-refractivity contribution >= 4 is 34.3 Å². The third kappa shape index (κ3) is 4.26. The van der Waals surface area contributed by atoms with E-state index in [1.54, 1.807) is 11.8 Å². The second-order valence-corrected chi connectivity index (χ2v) is 8.66. The van der Waals surface area contributed by atoms with E-state index in [9.17, 15) is 0 Å². The van der Waals surface area contributed by atoms with E-state index in [4.69, 9.17) is 0 Å². The summed E-state index contributed by atoms with van der Waals surface area (Å²) in [5, 5.41) is 12.5. The van der Waals surface area contributed by atoms with Gasteiger partial charge in [0.05, 0.1) is 5.75 Å². The van der Waals surface area contributed by atoms with Crippen molar-refractivity contribution in [3.8, 4) is 0 Å². The van der Waals surface area contributed by atoms with Gasteiger partial charge in [0.2, 0.25) is 0 Å². The molecule has 0 N–H and O–H groups in total. The van der Waals surface area contributed by atoms with Gasteiger partial charge in [0.25, 0.3) is 0 Å². The SMILES string of the molecule is CCn1c(CSc2ccc(C)cc2)nnc1SCc1cccc2ccccc12. The second kappa shape index (κ2) is 8.84. The van der Waals surface area contributed by atoms with E-state index in [-0.39, 0.29) is 0 Å². The van der Waals surface area contributed by atoms with Gasteiger partial charge in [-0.2, -0.15) is 0 Å². The van der Waals surface area contributed by atoms with Gasteiger partial charge in [0.15, 0.2) is 5.16 Å². The van der Waals surface area contributed by atoms with Gasteiger partial charge >= 0.3 is 0 Å². The summed E-state index contributed by atoms with van der Waals surface area (Å²) >= 11 is 3.57. The molecule has 0 aliphatic heterocycles. The molecule has 142 valence electrons. The van der Waals surface area contributed by atoms with Crippen molar-refractivity contribution in [2.45, 2.75) is 41.9 Å². The first kappa shape index (κ1) is 19.1. The van der Waals surface area contributed by atoms with Gasteiger partial charge in [-0.1, -0.05) is 71.9 Å². The predicted molar refractivity (Wildman–Crippen MR) is 120 cm³/mol. The molecule has 0 unspecified atom stereocenters. The predicted octanol–water partition coefficient (Wildman–Crippen LogP) is 6.34. The molecule has 1 heterocycles. The van der Waals surface area contributed by atoms with Crippen LogP contribution in [0.2, 0.25) is 0 Å². The molecule has 1 aromatic heterocycles. The molecule has 0 aliphatic carbocycles. The molecule has 4 aromatic rings. The Morgan fingerprint density at radius 1 is 0.821 bits per heavy atom. The van der Waals surface area contributed by atoms with Crippen LogP contribution in [0.3, 0.4) is 0 Å². The van der Waals surface area contributed by atoms with Crippen molar-refractivity contribution in [3.05, 3.63) is 83.7 Å². The van der Waals surface area contributed by atoms with Crippen molar-refractivity contribution in [1.29, 1.82) is 0 Å². The third-order valence-electron chi connectivity index (χ3n) is 4.74. The minimum atomic E-state index is 0.832. The minimum absolute atomic E-state index is 0.832. The molecule has 0 saturated carbocycles. The number of hydrogen-bond acceptors (Lipinski definition) is 4. The number of thioether (sulfide) groups is 2. The van der Waals surface area contributed by atoms with Gasteiger partial charge in [-0.15, -0.1) is 22.0 Å². The normalized spacial score (nSPS) is 11.2. The zero-order chi connectivity index (χ0) is 19.3. The van der Waals surface area contributed by atoms with Crippen molar-refractivity contribution < 1.29 is 0 Å². The summed E-state index contributed by atoms with van der Waals surface area (Å²) in [6.07, 6.45) is 0. The highest BCUT2D eigenvalue weighted by molar-refractivity contribution is 7.98. The topological polar surface area (TPSA) is 30.7 Å². The van der Waals surface area contributed by atoms with E-state index >= 15 is 0 Å². The summed E-state index contributed by atoms with van der Waals surface area (Å²) in [7, 11) is 0. The lowest BCUT2D eigenvalue weighted by molar-refractivity contribution is 0.659. The molecule has 0 amide bonds. The van der Waals surface area contributed by atoms with Crippen LogP contribution < -0.4 is 0 Å². The maximum atomic E-state index is 4.47. The fraction of sp³-hybridized carbons (Fsp3) is 0.217. The molecule has 0 spiro atoms. The average molecular weight is 406 g/mol. The van der Waals surface area contributed by atoms with Crippen molar-refractivity contribution in [2.24, 2.45) is 0 Å². The van der Waals surface area contributed by atoms with Gasteiger partial charge in [-0.25, -0.2) is 0 Å². The van der Waals surface area contributed by atoms with Crippen LogP contribution in [0.15, 0.2) is 76.8 Å². The first-order valence-electron chi connectivity index (χ1n) is 9.45. The Morgan fingerprint density at radius 3 is 2.43 bits per heavy atom. The Balaban J connectivity index is 1.47. The first-order chi connectivity index (χ1) is 13.7. The molecule has 3 nitrogen and oxygen atoms in total. The summed E-state index contributed by atoms with van der Waals surface area (Å²) < 4.78 is 2.23. The molecule has 0 aliphatic rings. The molecular weight excluding hydrogens is 382 g/mol. The summed E-state index contributed by atoms with van der Waals surface area (Å²) in [5.41, 5.74) is 2.62. The number of rotatable bonds is 7. The monoisotopic (exact) mass is 405 g/mol. The lowest BCUT2D eigenvalue weighted by Crippen LogP contribution is -2.02. The lowest BCUT2D eigenvalue weighted by atomic mass is 10.1. The van der Waals surface area contributed by atoms with Crippen LogP contribution in [-0.4, -0.2) is 14.8 Å². The summed E-state index contributed by atoms with van der Waals surface area (Å²) in [4.78, 5) is 1.27. The maximum absolute atomic E-state index is 4.47. The molecule has 0 fully saturated rings. The van der Waals surface area contributed by atoms with Crippen LogP contribution in [0.5, 0.6) is 0 Å². The van der Waals surface area contributed by atoms with Crippen LogP contribution in [-0.2, 0) is 18.1 Å². The van der Waals surface area contributed by atoms with E-state index in [1.165, 1.54) is 26.8 Å². The molecule has 0 atom stereocenters. The Morgan fingerprint density at radius 2 is 1.61 bits per heavy atom. The maximum Gasteiger partial charge on any atom is 0.191 e. The molecule has 0 saturated heterocycles. The molecular formula is C23H23N3S2. The zero-order valence-electron chi connectivity index (χ0n) is 16.1. The highest BCUT2D eigenvalue weighted by atomic mass is 32.2. The van der Waals surface area contributed by atoms with E-state index in [2.05, 4.69) is 95.3 Å². The second-order valence-electron chi connectivity index (χ2n) is 6.67. The number of hydrogen-bond donors (Lipinski definition) is 0. The van der Waals surface area contributed by atoms with Crippen LogP contribution in [0, 0.1) is 6.92 Å². The van der Waals surface area contributed by atoms with Gasteiger partial charge in [0, 0.05) is 17.2 Å². The highest BCUT2D eigenvalue weighted by Crippen LogP contribution is 2.28. The van der Waals surface area contributed by atoms with E-state index in [1.807, 2.05) is 11.8 Å². The molecule has 4 rings (SSSR count). The van der Waals surface area contributed by atoms with Crippen molar-refractivity contribution in [3.63, 3.8) is 0 Å². The van der Waals surface area contributed by atoms with Gasteiger partial charge < -0.3 is 4.57 Å². The Hall–Kier alpha value is -2.24. The quantitative estimate of drug-likeness (QED) is 0.335. The zero-order valence-corrected chi connectivity index (χ0v) is 17.8. The standard InChI is InChI=1S/C23H23N3S2/c1-3-26-22(16-27-20-13-11-17(2)12-14-20)24-25-23(26)28-15-19-9-6-8-18-7-4-5-10-21(18)19/h4-14H,3,15-16H2,1-2H3. The van der Waals surface area contributed by atoms with E-state index in [0.29, 0.717) is 0 Å². The summed E-state index contributed by atoms with van der Waals surface area (Å²) in [6.45, 7) is 5.15. The van der Waals surface area contributed by atoms with Crippen LogP contribution >= 0.6 is 23.5 Å². The number of fused-ring (bicyclic) bond motifs is 1. The Bertz CT molecular complexity index is 1070. The van der Waals surface area contributed by atoms with Gasteiger partial charge in [-0.3, -0.25) is 0 Å². The van der Waals surface area contributed by atoms with Crippen LogP contribution in [0.25, 0.3) is 10.8 Å². The number of aryl methyl sites for hydroxylation is 1. The molecule has 5 heteroatoms. The molecule has 0 bridgehead atoms. The summed E-state index contributed by atoms with van der Waals surface area (Å²) in [6, 6.07) is 23.7. The van der Waals surface area contributed by atoms with Gasteiger partial charge in [-0.05, 0) is 42.3 Å². The first-order valence-corrected chi connectivity index (χ1v) is 11.4. The molecule has 0 radical (unpaired) electrons. The Labute approximate surface area is 174 Å². The number of nitrogens with zero attached hydrogens (tertiary/aromatic N) is 3. The molecule has 3 aromatic carbocycles. The Kier molecular flexibility index (Phi) is 6.03. The van der Waals surface area contributed by atoms with E-state index in [0.717, 1.165) is 29.0 Å². The number of aromatic nitrogens is 3. The van der Waals surface area contributed by atoms with Gasteiger partial charge in [0.1, 0.15) is 5.82 Å².